The van der Waals surface area contributed by atoms with Gasteiger partial charge in [0.2, 0.25) is 0 Å². The third-order valence-electron chi connectivity index (χ3n) is 1.92. The van der Waals surface area contributed by atoms with Crippen LogP contribution in [0.25, 0.3) is 0 Å². The predicted octanol–water partition coefficient (Wildman–Crippen LogP) is 2.85. The normalized spacial score (nSPS) is 9.25. The fraction of sp³-hybridized carbons (Fsp3) is 0. The molecule has 0 aliphatic carbocycles. The summed E-state index contributed by atoms with van der Waals surface area (Å²) in [4.78, 5) is 11.7. The molecule has 1 aromatic carbocycles. The van der Waals surface area contributed by atoms with E-state index in [-0.39, 0.29) is 0 Å². The van der Waals surface area contributed by atoms with Gasteiger partial charge in [0.1, 0.15) is 4.88 Å². The molecule has 78 valence electrons. The van der Waals surface area contributed by atoms with Gasteiger partial charge in [-0.15, -0.1) is 11.3 Å². The van der Waals surface area contributed by atoms with Crippen LogP contribution in [-0.4, -0.2) is 11.1 Å². The van der Waals surface area contributed by atoms with Gasteiger partial charge in [0.25, 0.3) is 0 Å². The molecule has 2 nitrogen and oxygen atoms in total. The number of hydrogen-bond donors (Lipinski definition) is 1. The number of rotatable bonds is 1. The van der Waals surface area contributed by atoms with Crippen LogP contribution in [0.4, 0.5) is 0 Å². The quantitative estimate of drug-likeness (QED) is 0.762. The summed E-state index contributed by atoms with van der Waals surface area (Å²) in [6.45, 7) is 0. The van der Waals surface area contributed by atoms with Crippen LogP contribution >= 0.6 is 11.3 Å². The zero-order valence-corrected chi connectivity index (χ0v) is 9.12. The van der Waals surface area contributed by atoms with E-state index in [0.29, 0.717) is 4.88 Å². The van der Waals surface area contributed by atoms with Crippen LogP contribution in [-0.2, 0) is 0 Å². The van der Waals surface area contributed by atoms with E-state index in [2.05, 4.69) is 11.8 Å². The van der Waals surface area contributed by atoms with Crippen LogP contribution in [0.2, 0.25) is 0 Å². The number of thiophene rings is 1. The summed E-state index contributed by atoms with van der Waals surface area (Å²) in [5, 5.41) is 8.75. The summed E-state index contributed by atoms with van der Waals surface area (Å²) in [6.07, 6.45) is 0. The zero-order chi connectivity index (χ0) is 11.4. The molecule has 0 saturated heterocycles. The van der Waals surface area contributed by atoms with Crippen molar-refractivity contribution >= 4 is 17.3 Å². The molecule has 3 heteroatoms. The molecule has 0 amide bonds. The maximum atomic E-state index is 10.7. The van der Waals surface area contributed by atoms with Crippen LogP contribution in [0.3, 0.4) is 0 Å². The van der Waals surface area contributed by atoms with E-state index in [9.17, 15) is 4.79 Å². The first-order valence-corrected chi connectivity index (χ1v) is 5.47. The van der Waals surface area contributed by atoms with Gasteiger partial charge in [0.05, 0.1) is 4.88 Å². The molecule has 0 bridgehead atoms. The SMILES string of the molecule is O=C(O)c1ccc(C#Cc2ccccc2)s1. The van der Waals surface area contributed by atoms with Gasteiger partial charge in [0, 0.05) is 5.56 Å². The highest BCUT2D eigenvalue weighted by Gasteiger charge is 2.04. The Kier molecular flexibility index (Phi) is 3.04. The van der Waals surface area contributed by atoms with E-state index in [1.807, 2.05) is 30.3 Å². The number of hydrogen-bond acceptors (Lipinski definition) is 2. The van der Waals surface area contributed by atoms with Crippen molar-refractivity contribution < 1.29 is 9.90 Å². The third-order valence-corrected chi connectivity index (χ3v) is 2.91. The maximum Gasteiger partial charge on any atom is 0.345 e. The van der Waals surface area contributed by atoms with Crippen LogP contribution in [0.1, 0.15) is 20.1 Å². The Bertz CT molecular complexity index is 558. The topological polar surface area (TPSA) is 37.3 Å². The molecular weight excluding hydrogens is 220 g/mol. The Morgan fingerprint density at radius 1 is 1.06 bits per heavy atom. The van der Waals surface area contributed by atoms with Crippen molar-refractivity contribution in [2.24, 2.45) is 0 Å². The van der Waals surface area contributed by atoms with Crippen LogP contribution in [0.15, 0.2) is 42.5 Å². The van der Waals surface area contributed by atoms with Gasteiger partial charge in [-0.1, -0.05) is 30.0 Å². The van der Waals surface area contributed by atoms with Crippen molar-refractivity contribution in [3.8, 4) is 11.8 Å². The number of aromatic carboxylic acids is 1. The Hall–Kier alpha value is -2.05. The lowest BCUT2D eigenvalue weighted by molar-refractivity contribution is 0.0702. The van der Waals surface area contributed by atoms with Gasteiger partial charge < -0.3 is 5.11 Å². The molecule has 0 unspecified atom stereocenters. The molecule has 16 heavy (non-hydrogen) atoms. The molecular formula is C13H8O2S. The van der Waals surface area contributed by atoms with Crippen LogP contribution in [0, 0.1) is 11.8 Å². The first kappa shape index (κ1) is 10.5. The predicted molar refractivity (Wildman–Crippen MR) is 63.7 cm³/mol. The molecule has 1 N–H and O–H groups in total. The zero-order valence-electron chi connectivity index (χ0n) is 8.31. The molecule has 0 saturated carbocycles. The summed E-state index contributed by atoms with van der Waals surface area (Å²) < 4.78 is 0. The standard InChI is InChI=1S/C13H8O2S/c14-13(15)12-9-8-11(16-12)7-6-10-4-2-1-3-5-10/h1-5,8-9H,(H,14,15). The molecule has 0 aliphatic heterocycles. The number of benzene rings is 1. The average Bonchev–Trinajstić information content (AvgIpc) is 2.76. The summed E-state index contributed by atoms with van der Waals surface area (Å²) in [5.74, 6) is 5.02. The smallest absolute Gasteiger partial charge is 0.345 e. The fourth-order valence-electron chi connectivity index (χ4n) is 1.18. The summed E-state index contributed by atoms with van der Waals surface area (Å²) in [5.41, 5.74) is 0.924. The Morgan fingerprint density at radius 2 is 1.81 bits per heavy atom. The van der Waals surface area contributed by atoms with Crippen molar-refractivity contribution in [3.63, 3.8) is 0 Å². The molecule has 2 rings (SSSR count). The van der Waals surface area contributed by atoms with Crippen molar-refractivity contribution in [1.29, 1.82) is 0 Å². The van der Waals surface area contributed by atoms with Gasteiger partial charge in [-0.25, -0.2) is 4.79 Å². The number of carboxylic acids is 1. The molecule has 0 spiro atoms. The van der Waals surface area contributed by atoms with Crippen LogP contribution in [0.5, 0.6) is 0 Å². The molecule has 0 radical (unpaired) electrons. The van der Waals surface area contributed by atoms with Gasteiger partial charge in [-0.2, -0.15) is 0 Å². The minimum absolute atomic E-state index is 0.317. The van der Waals surface area contributed by atoms with E-state index in [1.165, 1.54) is 11.3 Å². The molecule has 1 aromatic heterocycles. The van der Waals surface area contributed by atoms with Crippen molar-refractivity contribution in [2.45, 2.75) is 0 Å². The molecule has 2 aromatic rings. The minimum Gasteiger partial charge on any atom is -0.477 e. The largest absolute Gasteiger partial charge is 0.477 e. The Morgan fingerprint density at radius 3 is 2.44 bits per heavy atom. The second kappa shape index (κ2) is 4.65. The minimum atomic E-state index is -0.905. The highest BCUT2D eigenvalue weighted by molar-refractivity contribution is 7.14. The molecule has 0 fully saturated rings. The van der Waals surface area contributed by atoms with E-state index in [0.717, 1.165) is 10.4 Å². The van der Waals surface area contributed by atoms with Crippen molar-refractivity contribution in [1.82, 2.24) is 0 Å². The van der Waals surface area contributed by atoms with Gasteiger partial charge in [-0.05, 0) is 24.3 Å². The highest BCUT2D eigenvalue weighted by Crippen LogP contribution is 2.15. The van der Waals surface area contributed by atoms with Crippen LogP contribution < -0.4 is 0 Å². The second-order valence-corrected chi connectivity index (χ2v) is 4.17. The lowest BCUT2D eigenvalue weighted by Crippen LogP contribution is -1.89. The van der Waals surface area contributed by atoms with E-state index < -0.39 is 5.97 Å². The lowest BCUT2D eigenvalue weighted by Gasteiger charge is -1.85. The summed E-state index contributed by atoms with van der Waals surface area (Å²) >= 11 is 1.19. The summed E-state index contributed by atoms with van der Waals surface area (Å²) in [6, 6.07) is 12.9. The fourth-order valence-corrected chi connectivity index (χ4v) is 1.87. The highest BCUT2D eigenvalue weighted by atomic mass is 32.1. The maximum absolute atomic E-state index is 10.7. The third kappa shape index (κ3) is 2.50. The summed E-state index contributed by atoms with van der Waals surface area (Å²) in [7, 11) is 0. The van der Waals surface area contributed by atoms with E-state index in [1.54, 1.807) is 12.1 Å². The molecule has 1 heterocycles. The average molecular weight is 228 g/mol. The van der Waals surface area contributed by atoms with Gasteiger partial charge in [-0.3, -0.25) is 0 Å². The first-order valence-electron chi connectivity index (χ1n) is 4.66. The van der Waals surface area contributed by atoms with Crippen molar-refractivity contribution in [2.75, 3.05) is 0 Å². The molecule has 0 atom stereocenters. The number of carboxylic acid groups (broad SMARTS) is 1. The van der Waals surface area contributed by atoms with Crippen molar-refractivity contribution in [3.05, 3.63) is 57.8 Å². The van der Waals surface area contributed by atoms with Gasteiger partial charge >= 0.3 is 5.97 Å². The second-order valence-electron chi connectivity index (χ2n) is 3.09. The van der Waals surface area contributed by atoms with Gasteiger partial charge in [0.15, 0.2) is 0 Å². The Balaban J connectivity index is 2.21. The number of carbonyl (C=O) groups is 1. The van der Waals surface area contributed by atoms with E-state index in [4.69, 9.17) is 5.11 Å². The Labute approximate surface area is 97.2 Å². The lowest BCUT2D eigenvalue weighted by atomic mass is 10.2. The van der Waals surface area contributed by atoms with E-state index >= 15 is 0 Å². The molecule has 0 aliphatic rings. The first-order chi connectivity index (χ1) is 7.75. The monoisotopic (exact) mass is 228 g/mol.